The Morgan fingerprint density at radius 3 is 2.32 bits per heavy atom. The van der Waals surface area contributed by atoms with Gasteiger partial charge in [-0.05, 0) is 44.0 Å². The van der Waals surface area contributed by atoms with Gasteiger partial charge in [0.15, 0.2) is 0 Å². The molecule has 10 heteroatoms. The van der Waals surface area contributed by atoms with E-state index in [2.05, 4.69) is 4.74 Å². The van der Waals surface area contributed by atoms with E-state index in [1.165, 1.54) is 16.4 Å². The number of carbonyl (C=O) groups excluding carboxylic acids is 1. The van der Waals surface area contributed by atoms with E-state index in [4.69, 9.17) is 0 Å². The van der Waals surface area contributed by atoms with Crippen LogP contribution in [0.5, 0.6) is 5.75 Å². The third kappa shape index (κ3) is 5.56. The summed E-state index contributed by atoms with van der Waals surface area (Å²) >= 11 is 0. The molecule has 1 aliphatic rings. The highest BCUT2D eigenvalue weighted by molar-refractivity contribution is 7.89. The number of alkyl halides is 3. The van der Waals surface area contributed by atoms with E-state index in [-0.39, 0.29) is 29.8 Å². The first kappa shape index (κ1) is 23.1. The Hall–Kier alpha value is -2.59. The molecule has 31 heavy (non-hydrogen) atoms. The van der Waals surface area contributed by atoms with Gasteiger partial charge in [0.25, 0.3) is 0 Å². The summed E-state index contributed by atoms with van der Waals surface area (Å²) in [6.07, 6.45) is -4.24. The van der Waals surface area contributed by atoms with E-state index in [0.29, 0.717) is 19.4 Å². The largest absolute Gasteiger partial charge is 0.573 e. The SMILES string of the molecule is CCN(C(=O)C1CCN(S(=O)(=O)c2cccc(OC(F)(F)F)c2)CC1)c1ccccc1. The van der Waals surface area contributed by atoms with Crippen molar-refractivity contribution in [1.82, 2.24) is 4.31 Å². The molecule has 3 rings (SSSR count). The fourth-order valence-corrected chi connectivity index (χ4v) is 5.12. The second kappa shape index (κ2) is 9.27. The van der Waals surface area contributed by atoms with Gasteiger partial charge in [0.05, 0.1) is 4.90 Å². The van der Waals surface area contributed by atoms with Crippen LogP contribution in [-0.2, 0) is 14.8 Å². The van der Waals surface area contributed by atoms with E-state index < -0.39 is 22.1 Å². The van der Waals surface area contributed by atoms with Crippen molar-refractivity contribution in [3.8, 4) is 5.75 Å². The number of para-hydroxylation sites is 1. The number of hydrogen-bond acceptors (Lipinski definition) is 4. The van der Waals surface area contributed by atoms with Gasteiger partial charge in [-0.15, -0.1) is 13.2 Å². The first-order valence-electron chi connectivity index (χ1n) is 9.84. The molecule has 1 amide bonds. The Balaban J connectivity index is 1.68. The highest BCUT2D eigenvalue weighted by Gasteiger charge is 2.35. The first-order valence-corrected chi connectivity index (χ1v) is 11.3. The van der Waals surface area contributed by atoms with E-state index in [9.17, 15) is 26.4 Å². The molecular formula is C21H23F3N2O4S. The molecule has 0 unspecified atom stereocenters. The third-order valence-electron chi connectivity index (χ3n) is 5.13. The number of nitrogens with zero attached hydrogens (tertiary/aromatic N) is 2. The smallest absolute Gasteiger partial charge is 0.406 e. The standard InChI is InChI=1S/C21H23F3N2O4S/c1-2-26(17-7-4-3-5-8-17)20(27)16-11-13-25(14-12-16)31(28,29)19-10-6-9-18(15-19)30-21(22,23)24/h3-10,15-16H,2,11-14H2,1H3. The summed E-state index contributed by atoms with van der Waals surface area (Å²) in [7, 11) is -4.01. The maximum atomic E-state index is 13.0. The molecule has 1 aliphatic heterocycles. The van der Waals surface area contributed by atoms with Gasteiger partial charge in [0.2, 0.25) is 15.9 Å². The fourth-order valence-electron chi connectivity index (χ4n) is 3.62. The predicted octanol–water partition coefficient (Wildman–Crippen LogP) is 4.04. The summed E-state index contributed by atoms with van der Waals surface area (Å²) in [5.74, 6) is -0.988. The number of halogens is 3. The van der Waals surface area contributed by atoms with Crippen LogP contribution in [0.3, 0.4) is 0 Å². The van der Waals surface area contributed by atoms with Crippen LogP contribution in [0.1, 0.15) is 19.8 Å². The van der Waals surface area contributed by atoms with E-state index in [0.717, 1.165) is 17.8 Å². The lowest BCUT2D eigenvalue weighted by Crippen LogP contribution is -2.44. The van der Waals surface area contributed by atoms with Gasteiger partial charge in [-0.1, -0.05) is 24.3 Å². The Morgan fingerprint density at radius 1 is 1.10 bits per heavy atom. The van der Waals surface area contributed by atoms with Gasteiger partial charge in [0.1, 0.15) is 5.75 Å². The Bertz CT molecular complexity index is 1000. The first-order chi connectivity index (χ1) is 14.6. The summed E-state index contributed by atoms with van der Waals surface area (Å²) in [5, 5.41) is 0. The lowest BCUT2D eigenvalue weighted by atomic mass is 9.96. The molecule has 1 fully saturated rings. The zero-order valence-corrected chi connectivity index (χ0v) is 17.7. The lowest BCUT2D eigenvalue weighted by Gasteiger charge is -2.33. The van der Waals surface area contributed by atoms with Crippen molar-refractivity contribution in [3.63, 3.8) is 0 Å². The summed E-state index contributed by atoms with van der Waals surface area (Å²) in [4.78, 5) is 14.4. The number of benzene rings is 2. The molecule has 0 atom stereocenters. The van der Waals surface area contributed by atoms with Gasteiger partial charge < -0.3 is 9.64 Å². The molecule has 2 aromatic rings. The Labute approximate surface area is 179 Å². The van der Waals surface area contributed by atoms with Crippen LogP contribution in [-0.4, -0.2) is 44.6 Å². The summed E-state index contributed by atoms with van der Waals surface area (Å²) in [6, 6.07) is 13.6. The quantitative estimate of drug-likeness (QED) is 0.658. The molecule has 0 spiro atoms. The van der Waals surface area contributed by atoms with Crippen LogP contribution >= 0.6 is 0 Å². The van der Waals surface area contributed by atoms with Crippen molar-refractivity contribution in [3.05, 3.63) is 54.6 Å². The molecule has 0 aromatic heterocycles. The lowest BCUT2D eigenvalue weighted by molar-refractivity contribution is -0.274. The van der Waals surface area contributed by atoms with Crippen molar-refractivity contribution < 1.29 is 31.1 Å². The number of carbonyl (C=O) groups is 1. The molecule has 168 valence electrons. The Morgan fingerprint density at radius 2 is 1.74 bits per heavy atom. The highest BCUT2D eigenvalue weighted by Crippen LogP contribution is 2.29. The van der Waals surface area contributed by atoms with Gasteiger partial charge in [-0.3, -0.25) is 4.79 Å². The molecule has 0 saturated carbocycles. The summed E-state index contributed by atoms with van der Waals surface area (Å²) < 4.78 is 68.1. The minimum Gasteiger partial charge on any atom is -0.406 e. The van der Waals surface area contributed by atoms with Gasteiger partial charge in [-0.2, -0.15) is 4.31 Å². The second-order valence-electron chi connectivity index (χ2n) is 7.12. The molecule has 0 aliphatic carbocycles. The molecule has 0 bridgehead atoms. The zero-order valence-electron chi connectivity index (χ0n) is 16.9. The van der Waals surface area contributed by atoms with E-state index in [1.54, 1.807) is 4.90 Å². The minimum atomic E-state index is -4.91. The minimum absolute atomic E-state index is 0.0636. The monoisotopic (exact) mass is 456 g/mol. The average Bonchev–Trinajstić information content (AvgIpc) is 2.74. The van der Waals surface area contributed by atoms with Gasteiger partial charge in [0, 0.05) is 37.3 Å². The maximum Gasteiger partial charge on any atom is 0.573 e. The number of sulfonamides is 1. The van der Waals surface area contributed by atoms with Crippen molar-refractivity contribution in [1.29, 1.82) is 0 Å². The van der Waals surface area contributed by atoms with Crippen LogP contribution in [0.2, 0.25) is 0 Å². The average molecular weight is 456 g/mol. The predicted molar refractivity (Wildman–Crippen MR) is 109 cm³/mol. The van der Waals surface area contributed by atoms with Crippen molar-refractivity contribution in [2.24, 2.45) is 5.92 Å². The normalized spacial score (nSPS) is 16.1. The maximum absolute atomic E-state index is 13.0. The molecule has 6 nitrogen and oxygen atoms in total. The summed E-state index contributed by atoms with van der Waals surface area (Å²) in [5.41, 5.74) is 0.784. The molecule has 0 radical (unpaired) electrons. The zero-order chi connectivity index (χ0) is 22.6. The van der Waals surface area contributed by atoms with Gasteiger partial charge >= 0.3 is 6.36 Å². The number of rotatable bonds is 6. The van der Waals surface area contributed by atoms with Crippen molar-refractivity contribution >= 4 is 21.6 Å². The fraction of sp³-hybridized carbons (Fsp3) is 0.381. The molecule has 0 N–H and O–H groups in total. The van der Waals surface area contributed by atoms with Crippen LogP contribution < -0.4 is 9.64 Å². The van der Waals surface area contributed by atoms with Crippen LogP contribution in [0.4, 0.5) is 18.9 Å². The number of piperidine rings is 1. The highest BCUT2D eigenvalue weighted by atomic mass is 32.2. The van der Waals surface area contributed by atoms with E-state index >= 15 is 0 Å². The number of amides is 1. The summed E-state index contributed by atoms with van der Waals surface area (Å²) in [6.45, 7) is 2.58. The molecule has 1 saturated heterocycles. The van der Waals surface area contributed by atoms with Crippen LogP contribution in [0, 0.1) is 5.92 Å². The van der Waals surface area contributed by atoms with Crippen LogP contribution in [0.15, 0.2) is 59.5 Å². The molecule has 2 aromatic carbocycles. The number of ether oxygens (including phenoxy) is 1. The number of hydrogen-bond donors (Lipinski definition) is 0. The van der Waals surface area contributed by atoms with E-state index in [1.807, 2.05) is 37.3 Å². The molecular weight excluding hydrogens is 433 g/mol. The van der Waals surface area contributed by atoms with Crippen molar-refractivity contribution in [2.45, 2.75) is 31.0 Å². The van der Waals surface area contributed by atoms with Gasteiger partial charge in [-0.25, -0.2) is 8.42 Å². The van der Waals surface area contributed by atoms with Crippen LogP contribution in [0.25, 0.3) is 0 Å². The second-order valence-corrected chi connectivity index (χ2v) is 9.06. The number of anilines is 1. The Kier molecular flexibility index (Phi) is 6.90. The topological polar surface area (TPSA) is 66.9 Å². The van der Waals surface area contributed by atoms with Crippen molar-refractivity contribution in [2.75, 3.05) is 24.5 Å². The third-order valence-corrected chi connectivity index (χ3v) is 7.02. The molecule has 1 heterocycles.